The van der Waals surface area contributed by atoms with Gasteiger partial charge in [-0.1, -0.05) is 41.9 Å². The number of nitrogens with zero attached hydrogens (tertiary/aromatic N) is 4. The number of hydrogen-bond acceptors (Lipinski definition) is 7. The minimum absolute atomic E-state index is 0.569. The molecule has 5 aromatic rings. The van der Waals surface area contributed by atoms with E-state index in [-0.39, 0.29) is 0 Å². The highest BCUT2D eigenvalue weighted by atomic mass is 35.5. The lowest BCUT2D eigenvalue weighted by molar-refractivity contribution is 0.122. The summed E-state index contributed by atoms with van der Waals surface area (Å²) in [6.45, 7) is 4.50. The van der Waals surface area contributed by atoms with Gasteiger partial charge in [0.2, 0.25) is 5.95 Å². The van der Waals surface area contributed by atoms with Gasteiger partial charge < -0.3 is 14.2 Å². The van der Waals surface area contributed by atoms with E-state index in [1.165, 1.54) is 22.0 Å². The number of para-hydroxylation sites is 1. The molecule has 0 radical (unpaired) electrons. The first-order valence-electron chi connectivity index (χ1n) is 11.6. The lowest BCUT2D eigenvalue weighted by atomic mass is 10.2. The van der Waals surface area contributed by atoms with Gasteiger partial charge in [-0.05, 0) is 40.8 Å². The monoisotopic (exact) mass is 504 g/mol. The van der Waals surface area contributed by atoms with Crippen LogP contribution in [-0.2, 0) is 17.8 Å². The second-order valence-electron chi connectivity index (χ2n) is 8.51. The summed E-state index contributed by atoms with van der Waals surface area (Å²) in [5.74, 6) is 1.54. The molecule has 2 aromatic carbocycles. The third-order valence-electron chi connectivity index (χ3n) is 6.19. The van der Waals surface area contributed by atoms with Crippen LogP contribution in [0.3, 0.4) is 0 Å². The molecule has 0 spiro atoms. The average Bonchev–Trinajstić information content (AvgIpc) is 3.49. The highest BCUT2D eigenvalue weighted by Gasteiger charge is 2.18. The molecule has 0 atom stereocenters. The van der Waals surface area contributed by atoms with E-state index in [0.29, 0.717) is 12.5 Å². The van der Waals surface area contributed by atoms with Crippen LogP contribution in [0.15, 0.2) is 66.2 Å². The molecule has 9 heteroatoms. The van der Waals surface area contributed by atoms with Gasteiger partial charge in [-0.15, -0.1) is 11.3 Å². The van der Waals surface area contributed by atoms with E-state index in [9.17, 15) is 0 Å². The molecule has 2 N–H and O–H groups in total. The Morgan fingerprint density at radius 1 is 1.03 bits per heavy atom. The molecule has 1 aliphatic heterocycles. The predicted octanol–water partition coefficient (Wildman–Crippen LogP) is 5.30. The Labute approximate surface area is 212 Å². The number of morpholine rings is 1. The summed E-state index contributed by atoms with van der Waals surface area (Å²) >= 11 is 7.88. The molecule has 0 aliphatic carbocycles. The summed E-state index contributed by atoms with van der Waals surface area (Å²) in [7, 11) is 0. The van der Waals surface area contributed by atoms with Crippen LogP contribution in [0.2, 0.25) is 5.02 Å². The van der Waals surface area contributed by atoms with Crippen LogP contribution < -0.4 is 15.8 Å². The molecule has 178 valence electrons. The number of aromatic nitrogens is 3. The van der Waals surface area contributed by atoms with Crippen molar-refractivity contribution in [1.82, 2.24) is 20.0 Å². The zero-order valence-corrected chi connectivity index (χ0v) is 20.6. The van der Waals surface area contributed by atoms with Crippen LogP contribution >= 0.6 is 22.9 Å². The highest BCUT2D eigenvalue weighted by molar-refractivity contribution is 7.17. The van der Waals surface area contributed by atoms with Crippen LogP contribution in [0.4, 0.5) is 11.8 Å². The molecule has 4 heterocycles. The van der Waals surface area contributed by atoms with Crippen molar-refractivity contribution >= 4 is 55.8 Å². The molecule has 0 saturated carbocycles. The quantitative estimate of drug-likeness (QED) is 0.293. The van der Waals surface area contributed by atoms with Gasteiger partial charge in [-0.25, -0.2) is 10.4 Å². The zero-order valence-electron chi connectivity index (χ0n) is 19.1. The normalized spacial score (nSPS) is 14.1. The van der Waals surface area contributed by atoms with Gasteiger partial charge in [-0.3, -0.25) is 5.43 Å². The highest BCUT2D eigenvalue weighted by Crippen LogP contribution is 2.30. The Morgan fingerprint density at radius 3 is 2.80 bits per heavy atom. The van der Waals surface area contributed by atoms with E-state index < -0.39 is 0 Å². The number of nitrogens with one attached hydrogen (secondary N) is 2. The molecule has 3 aromatic heterocycles. The second kappa shape index (κ2) is 9.83. The van der Waals surface area contributed by atoms with E-state index >= 15 is 0 Å². The molecular weight excluding hydrogens is 480 g/mol. The smallest absolute Gasteiger partial charge is 0.239 e. The first-order chi connectivity index (χ1) is 17.2. The number of thiophene rings is 1. The minimum Gasteiger partial charge on any atom is -0.378 e. The van der Waals surface area contributed by atoms with E-state index in [1.807, 2.05) is 24.3 Å². The standard InChI is InChI=1S/C26H25ClN6OS/c27-20-5-3-4-18(14-20)16-33-17-19(21-6-1-2-7-23(21)33)15-28-31-26-29-22-8-13-35-24(22)25(30-26)32-9-11-34-12-10-32/h1-8,13-14,17,28H,9-12,15-16H2,(H,29,30,31). The fourth-order valence-corrected chi connectivity index (χ4v) is 5.60. The van der Waals surface area contributed by atoms with Gasteiger partial charge in [0.25, 0.3) is 0 Å². The summed E-state index contributed by atoms with van der Waals surface area (Å²) in [6, 6.07) is 18.5. The number of hydrogen-bond donors (Lipinski definition) is 2. The Bertz CT molecular complexity index is 1480. The first-order valence-corrected chi connectivity index (χ1v) is 12.9. The summed E-state index contributed by atoms with van der Waals surface area (Å²) < 4.78 is 8.90. The second-order valence-corrected chi connectivity index (χ2v) is 9.87. The van der Waals surface area contributed by atoms with Crippen LogP contribution in [0, 0.1) is 0 Å². The molecule has 0 bridgehead atoms. The van der Waals surface area contributed by atoms with E-state index in [2.05, 4.69) is 62.2 Å². The van der Waals surface area contributed by atoms with Crippen LogP contribution in [0.25, 0.3) is 21.1 Å². The van der Waals surface area contributed by atoms with Crippen LogP contribution in [0.5, 0.6) is 0 Å². The number of hydrazine groups is 1. The summed E-state index contributed by atoms with van der Waals surface area (Å²) in [6.07, 6.45) is 2.20. The number of anilines is 2. The van der Waals surface area contributed by atoms with Gasteiger partial charge in [-0.2, -0.15) is 4.98 Å². The van der Waals surface area contributed by atoms with Crippen LogP contribution in [0.1, 0.15) is 11.1 Å². The van der Waals surface area contributed by atoms with Crippen molar-refractivity contribution in [3.63, 3.8) is 0 Å². The van der Waals surface area contributed by atoms with Crippen molar-refractivity contribution in [3.8, 4) is 0 Å². The number of fused-ring (bicyclic) bond motifs is 2. The fourth-order valence-electron chi connectivity index (χ4n) is 4.54. The van der Waals surface area contributed by atoms with Crippen molar-refractivity contribution in [1.29, 1.82) is 0 Å². The van der Waals surface area contributed by atoms with Gasteiger partial charge in [0.05, 0.1) is 23.4 Å². The maximum atomic E-state index is 6.20. The Balaban J connectivity index is 1.22. The SMILES string of the molecule is Clc1cccc(Cn2cc(CNNc3nc(N4CCOCC4)c4sccc4n3)c3ccccc32)c1. The largest absolute Gasteiger partial charge is 0.378 e. The molecule has 6 rings (SSSR count). The molecule has 35 heavy (non-hydrogen) atoms. The molecule has 1 saturated heterocycles. The number of rotatable bonds is 7. The van der Waals surface area contributed by atoms with E-state index in [0.717, 1.165) is 53.9 Å². The summed E-state index contributed by atoms with van der Waals surface area (Å²) in [4.78, 5) is 11.8. The summed E-state index contributed by atoms with van der Waals surface area (Å²) in [5.41, 5.74) is 11.1. The number of benzene rings is 2. The number of ether oxygens (including phenoxy) is 1. The maximum Gasteiger partial charge on any atom is 0.239 e. The maximum absolute atomic E-state index is 6.20. The Morgan fingerprint density at radius 2 is 1.91 bits per heavy atom. The van der Waals surface area contributed by atoms with Crippen molar-refractivity contribution in [2.45, 2.75) is 13.1 Å². The molecule has 1 aliphatic rings. The lowest BCUT2D eigenvalue weighted by Gasteiger charge is -2.28. The van der Waals surface area contributed by atoms with Crippen LogP contribution in [-0.4, -0.2) is 40.8 Å². The van der Waals surface area contributed by atoms with E-state index in [4.69, 9.17) is 26.3 Å². The van der Waals surface area contributed by atoms with Crippen molar-refractivity contribution in [2.24, 2.45) is 0 Å². The zero-order chi connectivity index (χ0) is 23.6. The van der Waals surface area contributed by atoms with Gasteiger partial charge in [0, 0.05) is 48.3 Å². The average molecular weight is 505 g/mol. The van der Waals surface area contributed by atoms with Gasteiger partial charge in [0.1, 0.15) is 0 Å². The third-order valence-corrected chi connectivity index (χ3v) is 7.32. The molecule has 0 unspecified atom stereocenters. The van der Waals surface area contributed by atoms with Crippen molar-refractivity contribution < 1.29 is 4.74 Å². The molecular formula is C26H25ClN6OS. The summed E-state index contributed by atoms with van der Waals surface area (Å²) in [5, 5.41) is 4.03. The van der Waals surface area contributed by atoms with Gasteiger partial charge in [0.15, 0.2) is 5.82 Å². The Kier molecular flexibility index (Phi) is 6.26. The van der Waals surface area contributed by atoms with E-state index in [1.54, 1.807) is 11.3 Å². The molecule has 0 amide bonds. The van der Waals surface area contributed by atoms with Crippen molar-refractivity contribution in [3.05, 3.63) is 82.3 Å². The minimum atomic E-state index is 0.569. The fraction of sp³-hybridized carbons (Fsp3) is 0.231. The molecule has 1 fully saturated rings. The molecule has 7 nitrogen and oxygen atoms in total. The topological polar surface area (TPSA) is 67.2 Å². The first kappa shape index (κ1) is 22.3. The van der Waals surface area contributed by atoms with Crippen molar-refractivity contribution in [2.75, 3.05) is 36.6 Å². The third kappa shape index (κ3) is 4.70. The lowest BCUT2D eigenvalue weighted by Crippen LogP contribution is -2.37. The number of halogens is 1. The Hall–Kier alpha value is -3.17. The van der Waals surface area contributed by atoms with Gasteiger partial charge >= 0.3 is 0 Å². The predicted molar refractivity (Wildman–Crippen MR) is 143 cm³/mol.